The minimum Gasteiger partial charge on any atom is -1.00 e. The molecule has 0 aromatic carbocycles. The fraction of sp³-hybridized carbons (Fsp3) is 1.00. The van der Waals surface area contributed by atoms with Crippen LogP contribution >= 0.6 is 0 Å². The molecule has 0 heterocycles. The second kappa shape index (κ2) is 9.15. The molecule has 95 valence electrons. The molecule has 0 amide bonds. The first kappa shape index (κ1) is 18.4. The molecule has 0 aromatic rings. The Kier molecular flexibility index (Phi) is 11.3. The third-order valence-electron chi connectivity index (χ3n) is 1.88. The fourth-order valence-electron chi connectivity index (χ4n) is 1.05. The zero-order chi connectivity index (χ0) is 11.3. The molecule has 0 rings (SSSR count). The molecule has 0 spiro atoms. The molecule has 5 N–H and O–H groups in total. The van der Waals surface area contributed by atoms with E-state index in [1.54, 1.807) is 19.0 Å². The normalized spacial score (nSPS) is 19.2. The van der Waals surface area contributed by atoms with Gasteiger partial charge >= 0.3 is 0 Å². The van der Waals surface area contributed by atoms with Crippen molar-refractivity contribution in [3.05, 3.63) is 0 Å². The van der Waals surface area contributed by atoms with Crippen LogP contribution in [0.4, 0.5) is 0 Å². The van der Waals surface area contributed by atoms with Crippen molar-refractivity contribution in [2.45, 2.75) is 24.4 Å². The van der Waals surface area contributed by atoms with Crippen LogP contribution in [-0.4, -0.2) is 82.1 Å². The van der Waals surface area contributed by atoms with E-state index in [4.69, 9.17) is 10.2 Å². The van der Waals surface area contributed by atoms with Crippen molar-refractivity contribution < 1.29 is 65.5 Å². The van der Waals surface area contributed by atoms with Gasteiger partial charge in [0.1, 0.15) is 18.3 Å². The van der Waals surface area contributed by atoms with Gasteiger partial charge < -0.3 is 70.4 Å². The third-order valence-corrected chi connectivity index (χ3v) is 1.88. The first-order valence-corrected chi connectivity index (χ1v) is 4.38. The van der Waals surface area contributed by atoms with Crippen LogP contribution in [0.1, 0.15) is 0 Å². The van der Waals surface area contributed by atoms with E-state index < -0.39 is 31.0 Å². The minimum atomic E-state index is -1.55. The Balaban J connectivity index is 0. The molecule has 0 saturated heterocycles. The van der Waals surface area contributed by atoms with Gasteiger partial charge in [-0.2, -0.15) is 0 Å². The Morgan fingerprint density at radius 2 is 1.33 bits per heavy atom. The standard InChI is InChI=1S/C8H19NO5.Gd/c1-9(2)3-5(11)7(13)8(14)6(12)4-10;/h5-8,10-14H,3-4H2,1-2H3;/q;-1/t5-,6+,7+,8+;/m0./s1. The summed E-state index contributed by atoms with van der Waals surface area (Å²) in [5, 5.41) is 45.4. The molecule has 0 fully saturated rings. The number of rotatable bonds is 6. The van der Waals surface area contributed by atoms with Gasteiger partial charge in [0, 0.05) is 6.54 Å². The van der Waals surface area contributed by atoms with Crippen molar-refractivity contribution >= 4 is 0 Å². The summed E-state index contributed by atoms with van der Waals surface area (Å²) < 4.78 is 0. The molecule has 0 aromatic heterocycles. The van der Waals surface area contributed by atoms with E-state index in [-0.39, 0.29) is 46.5 Å². The Morgan fingerprint density at radius 3 is 1.67 bits per heavy atom. The van der Waals surface area contributed by atoms with Gasteiger partial charge in [-0.3, -0.25) is 0 Å². The summed E-state index contributed by atoms with van der Waals surface area (Å²) in [4.78, 5) is 1.63. The SMILES string of the molecule is CN(C)C[C@H](O)[C@@H](O)[C@H](O)[C@H](O)CO.[Gd-]. The third kappa shape index (κ3) is 7.09. The van der Waals surface area contributed by atoms with E-state index in [1.807, 2.05) is 0 Å². The van der Waals surface area contributed by atoms with E-state index >= 15 is 0 Å². The van der Waals surface area contributed by atoms with E-state index in [0.717, 1.165) is 0 Å². The average molecular weight is 366 g/mol. The van der Waals surface area contributed by atoms with Crippen molar-refractivity contribution in [3.63, 3.8) is 0 Å². The second-order valence-corrected chi connectivity index (χ2v) is 3.56. The van der Waals surface area contributed by atoms with Crippen LogP contribution in [0.25, 0.3) is 0 Å². The number of hydrogen-bond donors (Lipinski definition) is 5. The van der Waals surface area contributed by atoms with Crippen LogP contribution in [0.5, 0.6) is 0 Å². The first-order valence-electron chi connectivity index (χ1n) is 4.38. The molecule has 7 heteroatoms. The summed E-state index contributed by atoms with van der Waals surface area (Å²) in [6.45, 7) is -0.497. The van der Waals surface area contributed by atoms with E-state index in [2.05, 4.69) is 0 Å². The van der Waals surface area contributed by atoms with Crippen LogP contribution in [-0.2, 0) is 0 Å². The average Bonchev–Trinajstić information content (AvgIpc) is 2.13. The van der Waals surface area contributed by atoms with Crippen LogP contribution in [0.15, 0.2) is 0 Å². The molecule has 6 nitrogen and oxygen atoms in total. The molecule has 4 atom stereocenters. The van der Waals surface area contributed by atoms with E-state index in [0.29, 0.717) is 0 Å². The Bertz CT molecular complexity index is 160. The zero-order valence-electron chi connectivity index (χ0n) is 8.76. The van der Waals surface area contributed by atoms with E-state index in [9.17, 15) is 15.3 Å². The van der Waals surface area contributed by atoms with Gasteiger partial charge in [0.15, 0.2) is 0 Å². The van der Waals surface area contributed by atoms with Crippen LogP contribution in [0.2, 0.25) is 0 Å². The van der Waals surface area contributed by atoms with Gasteiger partial charge in [-0.1, -0.05) is 0 Å². The number of hydrogen-bond acceptors (Lipinski definition) is 6. The topological polar surface area (TPSA) is 104 Å². The predicted molar refractivity (Wildman–Crippen MR) is 49.7 cm³/mol. The quantitative estimate of drug-likeness (QED) is 0.343. The van der Waals surface area contributed by atoms with Gasteiger partial charge in [-0.15, -0.1) is 0 Å². The molecule has 15 heavy (non-hydrogen) atoms. The monoisotopic (exact) mass is 367 g/mol. The number of nitrogens with zero attached hydrogens (tertiary/aromatic N) is 1. The van der Waals surface area contributed by atoms with Crippen molar-refractivity contribution in [1.82, 2.24) is 4.90 Å². The summed E-state index contributed by atoms with van der Waals surface area (Å²) in [6.07, 6.45) is -5.63. The molecule has 0 saturated carbocycles. The maximum absolute atomic E-state index is 9.36. The number of likely N-dealkylation sites (N-methyl/N-ethyl adjacent to an activating group) is 1. The van der Waals surface area contributed by atoms with Gasteiger partial charge in [-0.05, 0) is 14.1 Å². The van der Waals surface area contributed by atoms with Crippen molar-refractivity contribution in [2.24, 2.45) is 0 Å². The Hall–Kier alpha value is 1.08. The molecule has 0 aliphatic heterocycles. The molecular formula is C8H19GdNO5-. The summed E-state index contributed by atoms with van der Waals surface area (Å²) in [5.41, 5.74) is 0. The molecular weight excluding hydrogens is 347 g/mol. The summed E-state index contributed by atoms with van der Waals surface area (Å²) in [6, 6.07) is 0. The largest absolute Gasteiger partial charge is 1.00 e. The maximum Gasteiger partial charge on any atom is 0.111 e. The Labute approximate surface area is 121 Å². The number of aliphatic hydroxyl groups excluding tert-OH is 5. The van der Waals surface area contributed by atoms with Gasteiger partial charge in [0.2, 0.25) is 0 Å². The maximum atomic E-state index is 9.36. The predicted octanol–water partition coefficient (Wildman–Crippen LogP) is -3.02. The van der Waals surface area contributed by atoms with Gasteiger partial charge in [-0.25, -0.2) is 0 Å². The molecule has 0 aliphatic carbocycles. The zero-order valence-corrected chi connectivity index (χ0v) is 11.0. The first-order chi connectivity index (χ1) is 6.40. The number of aliphatic hydroxyl groups is 5. The van der Waals surface area contributed by atoms with Gasteiger partial charge in [0.05, 0.1) is 12.7 Å². The van der Waals surface area contributed by atoms with Crippen molar-refractivity contribution in [1.29, 1.82) is 0 Å². The molecule has 0 bridgehead atoms. The summed E-state index contributed by atoms with van der Waals surface area (Å²) in [7, 11) is 3.40. The molecule has 0 unspecified atom stereocenters. The smallest absolute Gasteiger partial charge is 0.111 e. The fourth-order valence-corrected chi connectivity index (χ4v) is 1.05. The minimum absolute atomic E-state index is 0. The summed E-state index contributed by atoms with van der Waals surface area (Å²) in [5.74, 6) is 0. The Morgan fingerprint density at radius 1 is 0.933 bits per heavy atom. The van der Waals surface area contributed by atoms with Gasteiger partial charge in [0.25, 0.3) is 0 Å². The van der Waals surface area contributed by atoms with Crippen molar-refractivity contribution in [3.8, 4) is 0 Å². The van der Waals surface area contributed by atoms with Crippen LogP contribution in [0, 0.1) is 39.9 Å². The van der Waals surface area contributed by atoms with Crippen molar-refractivity contribution in [2.75, 3.05) is 27.2 Å². The van der Waals surface area contributed by atoms with E-state index in [1.165, 1.54) is 0 Å². The molecule has 0 aliphatic rings. The van der Waals surface area contributed by atoms with Crippen LogP contribution in [0.3, 0.4) is 0 Å². The van der Waals surface area contributed by atoms with Crippen LogP contribution < -0.4 is 0 Å². The molecule has 1 radical (unpaired) electrons. The summed E-state index contributed by atoms with van der Waals surface area (Å²) >= 11 is 0. The second-order valence-electron chi connectivity index (χ2n) is 3.56.